The Morgan fingerprint density at radius 1 is 1.18 bits per heavy atom. The fourth-order valence-electron chi connectivity index (χ4n) is 4.05. The molecule has 1 fully saturated rings. The molecule has 4 heterocycles. The first-order chi connectivity index (χ1) is 16.4. The van der Waals surface area contributed by atoms with E-state index in [0.29, 0.717) is 24.6 Å². The molecule has 1 aliphatic heterocycles. The molecule has 0 spiro atoms. The topological polar surface area (TPSA) is 120 Å². The number of aromatic nitrogens is 4. The molecular weight excluding hydrogens is 526 g/mol. The number of hydrogen-bond donors (Lipinski definition) is 0. The van der Waals surface area contributed by atoms with Crippen molar-refractivity contribution in [2.75, 3.05) is 20.2 Å². The lowest BCUT2D eigenvalue weighted by molar-refractivity contribution is 0.0596. The molecule has 176 valence electrons. The highest BCUT2D eigenvalue weighted by atomic mass is 79.9. The number of rotatable bonds is 5. The zero-order chi connectivity index (χ0) is 23.9. The fourth-order valence-corrected chi connectivity index (χ4v) is 6.09. The van der Waals surface area contributed by atoms with Crippen LogP contribution in [0.25, 0.3) is 17.0 Å². The molecule has 3 aromatic heterocycles. The van der Waals surface area contributed by atoms with Crippen LogP contribution in [0.15, 0.2) is 62.8 Å². The van der Waals surface area contributed by atoms with Crippen LogP contribution < -0.4 is 0 Å². The maximum atomic E-state index is 13.2. The van der Waals surface area contributed by atoms with Crippen LogP contribution in [-0.2, 0) is 14.8 Å². The van der Waals surface area contributed by atoms with E-state index in [1.54, 1.807) is 18.3 Å². The van der Waals surface area contributed by atoms with E-state index in [0.717, 1.165) is 15.8 Å². The number of carbonyl (C=O) groups excluding carboxylic acids is 1. The Labute approximate surface area is 203 Å². The molecule has 5 rings (SSSR count). The first-order valence-corrected chi connectivity index (χ1v) is 12.8. The molecular formula is C22H20BrN5O5S. The van der Waals surface area contributed by atoms with Crippen LogP contribution in [0.1, 0.15) is 35.0 Å². The second kappa shape index (κ2) is 8.93. The summed E-state index contributed by atoms with van der Waals surface area (Å²) in [5.74, 6) is 0.187. The zero-order valence-corrected chi connectivity index (χ0v) is 20.5. The van der Waals surface area contributed by atoms with Crippen LogP contribution in [0, 0.1) is 0 Å². The number of halogens is 1. The van der Waals surface area contributed by atoms with Crippen molar-refractivity contribution in [1.29, 1.82) is 0 Å². The van der Waals surface area contributed by atoms with Crippen molar-refractivity contribution in [1.82, 2.24) is 23.8 Å². The van der Waals surface area contributed by atoms with E-state index in [2.05, 4.69) is 31.1 Å². The summed E-state index contributed by atoms with van der Waals surface area (Å²) in [6.45, 7) is 0.544. The van der Waals surface area contributed by atoms with Gasteiger partial charge in [0, 0.05) is 30.8 Å². The summed E-state index contributed by atoms with van der Waals surface area (Å²) in [7, 11) is -2.63. The number of fused-ring (bicyclic) bond motifs is 1. The third-order valence-electron chi connectivity index (χ3n) is 5.87. The van der Waals surface area contributed by atoms with Gasteiger partial charge in [-0.05, 0) is 53.0 Å². The van der Waals surface area contributed by atoms with Gasteiger partial charge in [-0.3, -0.25) is 4.40 Å². The number of pyridine rings is 1. The average Bonchev–Trinajstić information content (AvgIpc) is 3.51. The number of ether oxygens (including phenoxy) is 1. The van der Waals surface area contributed by atoms with Crippen LogP contribution in [-0.4, -0.2) is 58.4 Å². The summed E-state index contributed by atoms with van der Waals surface area (Å²) in [4.78, 5) is 20.8. The summed E-state index contributed by atoms with van der Waals surface area (Å²) in [6, 6.07) is 9.81. The predicted octanol–water partition coefficient (Wildman–Crippen LogP) is 3.50. The lowest BCUT2D eigenvalue weighted by atomic mass is 9.98. The van der Waals surface area contributed by atoms with Gasteiger partial charge >= 0.3 is 5.97 Å². The Kier molecular flexibility index (Phi) is 5.96. The average molecular weight is 546 g/mol. The van der Waals surface area contributed by atoms with Crippen molar-refractivity contribution in [2.24, 2.45) is 0 Å². The molecule has 1 aliphatic rings. The van der Waals surface area contributed by atoms with E-state index in [-0.39, 0.29) is 29.5 Å². The molecule has 0 N–H and O–H groups in total. The minimum Gasteiger partial charge on any atom is -0.465 e. The number of carbonyl (C=O) groups is 1. The van der Waals surface area contributed by atoms with Crippen molar-refractivity contribution < 1.29 is 22.5 Å². The molecule has 34 heavy (non-hydrogen) atoms. The molecule has 1 saturated heterocycles. The summed E-state index contributed by atoms with van der Waals surface area (Å²) in [6.07, 6.45) is 4.63. The summed E-state index contributed by atoms with van der Waals surface area (Å²) < 4.78 is 40.8. The first kappa shape index (κ1) is 22.7. The van der Waals surface area contributed by atoms with Crippen molar-refractivity contribution in [3.05, 3.63) is 64.8 Å². The molecule has 0 radical (unpaired) electrons. The van der Waals surface area contributed by atoms with Crippen LogP contribution in [0.2, 0.25) is 0 Å². The van der Waals surface area contributed by atoms with Crippen LogP contribution in [0.3, 0.4) is 0 Å². The van der Waals surface area contributed by atoms with Crippen molar-refractivity contribution >= 4 is 37.6 Å². The van der Waals surface area contributed by atoms with Gasteiger partial charge in [0.1, 0.15) is 10.3 Å². The van der Waals surface area contributed by atoms with E-state index >= 15 is 0 Å². The highest BCUT2D eigenvalue weighted by Gasteiger charge is 2.34. The number of hydrogen-bond acceptors (Lipinski definition) is 8. The van der Waals surface area contributed by atoms with E-state index in [1.165, 1.54) is 23.5 Å². The van der Waals surface area contributed by atoms with Gasteiger partial charge in [-0.1, -0.05) is 17.3 Å². The molecule has 0 atom stereocenters. The molecule has 0 unspecified atom stereocenters. The number of nitrogens with zero attached hydrogens (tertiary/aromatic N) is 5. The number of piperidine rings is 1. The largest absolute Gasteiger partial charge is 0.465 e. The number of sulfonamides is 1. The van der Waals surface area contributed by atoms with Gasteiger partial charge in [0.15, 0.2) is 0 Å². The van der Waals surface area contributed by atoms with Crippen molar-refractivity contribution in [3.63, 3.8) is 0 Å². The SMILES string of the molecule is COC(=O)c1ccccc1S(=O)(=O)N1CCC(c2nc(-c3ccc4ncc(Br)n4c3)no2)CC1. The Bertz CT molecular complexity index is 1470. The predicted molar refractivity (Wildman–Crippen MR) is 125 cm³/mol. The third-order valence-corrected chi connectivity index (χ3v) is 8.42. The lowest BCUT2D eigenvalue weighted by Gasteiger charge is -2.30. The van der Waals surface area contributed by atoms with Crippen molar-refractivity contribution in [3.8, 4) is 11.4 Å². The van der Waals surface area contributed by atoms with E-state index in [4.69, 9.17) is 9.26 Å². The van der Waals surface area contributed by atoms with E-state index < -0.39 is 16.0 Å². The molecule has 0 bridgehead atoms. The normalized spacial score (nSPS) is 15.6. The maximum Gasteiger partial charge on any atom is 0.339 e. The molecule has 0 saturated carbocycles. The molecule has 12 heteroatoms. The van der Waals surface area contributed by atoms with E-state index in [9.17, 15) is 13.2 Å². The summed E-state index contributed by atoms with van der Waals surface area (Å²) in [5, 5.41) is 4.12. The van der Waals surface area contributed by atoms with Gasteiger partial charge in [-0.2, -0.15) is 9.29 Å². The van der Waals surface area contributed by atoms with Crippen LogP contribution in [0.4, 0.5) is 0 Å². The molecule has 4 aromatic rings. The van der Waals surface area contributed by atoms with Gasteiger partial charge in [-0.15, -0.1) is 0 Å². The first-order valence-electron chi connectivity index (χ1n) is 10.5. The Morgan fingerprint density at radius 3 is 2.71 bits per heavy atom. The standard InChI is InChI=1S/C22H20BrN5O5S/c1-32-22(29)16-4-2-3-5-17(16)34(30,31)27-10-8-14(9-11-27)21-25-20(26-33-21)15-6-7-19-24-12-18(23)28(19)13-15/h2-7,12-14H,8-11H2,1H3. The third kappa shape index (κ3) is 4.01. The smallest absolute Gasteiger partial charge is 0.339 e. The Balaban J connectivity index is 1.32. The Hall–Kier alpha value is -3.09. The molecule has 10 nitrogen and oxygen atoms in total. The van der Waals surface area contributed by atoms with Gasteiger partial charge in [0.25, 0.3) is 0 Å². The quantitative estimate of drug-likeness (QED) is 0.349. The number of esters is 1. The maximum absolute atomic E-state index is 13.2. The zero-order valence-electron chi connectivity index (χ0n) is 18.1. The lowest BCUT2D eigenvalue weighted by Crippen LogP contribution is -2.38. The number of methoxy groups -OCH3 is 1. The van der Waals surface area contributed by atoms with Crippen LogP contribution >= 0.6 is 15.9 Å². The van der Waals surface area contributed by atoms with E-state index in [1.807, 2.05) is 22.7 Å². The van der Waals surface area contributed by atoms with Crippen LogP contribution in [0.5, 0.6) is 0 Å². The second-order valence-corrected chi connectivity index (χ2v) is 10.6. The monoisotopic (exact) mass is 545 g/mol. The number of benzene rings is 1. The molecule has 1 aromatic carbocycles. The molecule has 0 aliphatic carbocycles. The van der Waals surface area contributed by atoms with Gasteiger partial charge < -0.3 is 9.26 Å². The van der Waals surface area contributed by atoms with Crippen molar-refractivity contribution in [2.45, 2.75) is 23.7 Å². The van der Waals surface area contributed by atoms with Gasteiger partial charge in [-0.25, -0.2) is 18.2 Å². The minimum atomic E-state index is -3.86. The summed E-state index contributed by atoms with van der Waals surface area (Å²) >= 11 is 3.45. The Morgan fingerprint density at radius 2 is 1.94 bits per heavy atom. The van der Waals surface area contributed by atoms with Gasteiger partial charge in [0.05, 0.1) is 23.8 Å². The number of imidazole rings is 1. The highest BCUT2D eigenvalue weighted by Crippen LogP contribution is 2.32. The minimum absolute atomic E-state index is 0.0233. The second-order valence-electron chi connectivity index (χ2n) is 7.85. The van der Waals surface area contributed by atoms with Gasteiger partial charge in [0.2, 0.25) is 21.7 Å². The fraction of sp³-hybridized carbons (Fsp3) is 0.273. The summed E-state index contributed by atoms with van der Waals surface area (Å²) in [5.41, 5.74) is 1.59. The molecule has 0 amide bonds. The highest BCUT2D eigenvalue weighted by molar-refractivity contribution is 9.10.